The van der Waals surface area contributed by atoms with E-state index >= 15 is 0 Å². The Labute approximate surface area is 382 Å². The van der Waals surface area contributed by atoms with Gasteiger partial charge in [0.1, 0.15) is 13.2 Å². The van der Waals surface area contributed by atoms with Crippen molar-refractivity contribution in [1.29, 1.82) is 0 Å². The minimum atomic E-state index is -1.62. The SMILES string of the molecule is CCC/C=C\CCCCCCCC(=O)OCC(COC(OCC[N+](C)(C)C)C(=O)[O-])OC(=O)CCCCCCCCCCCCCCCCC/C=C\CCCCCCCCCC. The van der Waals surface area contributed by atoms with E-state index < -0.39 is 24.3 Å². The zero-order valence-corrected chi connectivity index (χ0v) is 41.3. The van der Waals surface area contributed by atoms with Crippen molar-refractivity contribution in [2.24, 2.45) is 0 Å². The predicted molar refractivity (Wildman–Crippen MR) is 256 cm³/mol. The molecule has 0 rings (SSSR count). The first-order valence-corrected chi connectivity index (χ1v) is 26.0. The number of carbonyl (C=O) groups excluding carboxylic acids is 3. The number of allylic oxidation sites excluding steroid dienone is 4. The van der Waals surface area contributed by atoms with E-state index in [2.05, 4.69) is 38.2 Å². The average Bonchev–Trinajstić information content (AvgIpc) is 3.23. The molecule has 0 saturated carbocycles. The van der Waals surface area contributed by atoms with E-state index in [1.807, 2.05) is 21.1 Å². The molecule has 0 aromatic carbocycles. The van der Waals surface area contributed by atoms with Crippen molar-refractivity contribution in [3.8, 4) is 0 Å². The third-order valence-electron chi connectivity index (χ3n) is 11.4. The smallest absolute Gasteiger partial charge is 0.306 e. The van der Waals surface area contributed by atoms with Gasteiger partial charge in [0.2, 0.25) is 0 Å². The number of carboxylic acids is 1. The minimum Gasteiger partial charge on any atom is -0.545 e. The lowest BCUT2D eigenvalue weighted by atomic mass is 10.0. The van der Waals surface area contributed by atoms with Gasteiger partial charge in [0, 0.05) is 12.8 Å². The first-order valence-electron chi connectivity index (χ1n) is 26.0. The van der Waals surface area contributed by atoms with Gasteiger partial charge in [-0.25, -0.2) is 0 Å². The largest absolute Gasteiger partial charge is 0.545 e. The van der Waals surface area contributed by atoms with E-state index in [9.17, 15) is 19.5 Å². The summed E-state index contributed by atoms with van der Waals surface area (Å²) in [6, 6.07) is 0. The van der Waals surface area contributed by atoms with Crippen molar-refractivity contribution in [2.75, 3.05) is 47.5 Å². The molecule has 0 aliphatic heterocycles. The van der Waals surface area contributed by atoms with Crippen molar-refractivity contribution >= 4 is 17.9 Å². The second-order valence-corrected chi connectivity index (χ2v) is 18.8. The number of carbonyl (C=O) groups is 3. The molecule has 0 amide bonds. The molecule has 0 aromatic rings. The predicted octanol–water partition coefficient (Wildman–Crippen LogP) is 13.1. The number of carboxylic acid groups (broad SMARTS) is 1. The summed E-state index contributed by atoms with van der Waals surface area (Å²) in [5.41, 5.74) is 0. The third kappa shape index (κ3) is 45.8. The summed E-state index contributed by atoms with van der Waals surface area (Å²) in [4.78, 5) is 37.0. The summed E-state index contributed by atoms with van der Waals surface area (Å²) in [5, 5.41) is 11.7. The molecule has 62 heavy (non-hydrogen) atoms. The highest BCUT2D eigenvalue weighted by Gasteiger charge is 2.22. The van der Waals surface area contributed by atoms with Crippen LogP contribution in [0.15, 0.2) is 24.3 Å². The van der Waals surface area contributed by atoms with Crippen LogP contribution in [-0.4, -0.2) is 82.3 Å². The van der Waals surface area contributed by atoms with Gasteiger partial charge in [0.05, 0.1) is 40.3 Å². The quantitative estimate of drug-likeness (QED) is 0.0195. The fourth-order valence-corrected chi connectivity index (χ4v) is 7.36. The molecule has 0 aliphatic rings. The van der Waals surface area contributed by atoms with Gasteiger partial charge in [-0.1, -0.05) is 192 Å². The molecule has 0 aromatic heterocycles. The second kappa shape index (κ2) is 45.3. The number of hydrogen-bond donors (Lipinski definition) is 0. The maximum absolute atomic E-state index is 12.8. The molecule has 2 unspecified atom stereocenters. The highest BCUT2D eigenvalue weighted by molar-refractivity contribution is 5.70. The molecule has 2 atom stereocenters. The van der Waals surface area contributed by atoms with Gasteiger partial charge in [-0.3, -0.25) is 9.59 Å². The number of esters is 2. The maximum Gasteiger partial charge on any atom is 0.306 e. The molecule has 0 bridgehead atoms. The normalized spacial score (nSPS) is 13.0. The van der Waals surface area contributed by atoms with Crippen LogP contribution in [0.5, 0.6) is 0 Å². The van der Waals surface area contributed by atoms with Gasteiger partial charge < -0.3 is 33.3 Å². The summed E-state index contributed by atoms with van der Waals surface area (Å²) in [6.45, 7) is 4.69. The van der Waals surface area contributed by atoms with Gasteiger partial charge in [-0.15, -0.1) is 0 Å². The molecule has 0 aliphatic carbocycles. The Morgan fingerprint density at radius 3 is 1.26 bits per heavy atom. The van der Waals surface area contributed by atoms with Crippen LogP contribution in [-0.2, 0) is 33.3 Å². The number of hydrogen-bond acceptors (Lipinski definition) is 8. The number of unbranched alkanes of at least 4 members (excludes halogenated alkanes) is 29. The molecule has 0 fully saturated rings. The van der Waals surface area contributed by atoms with Crippen LogP contribution >= 0.6 is 0 Å². The van der Waals surface area contributed by atoms with Crippen LogP contribution in [0.2, 0.25) is 0 Å². The zero-order valence-electron chi connectivity index (χ0n) is 41.3. The Hall–Kier alpha value is -2.23. The van der Waals surface area contributed by atoms with Crippen LogP contribution in [0.1, 0.15) is 239 Å². The van der Waals surface area contributed by atoms with Crippen molar-refractivity contribution < 1.29 is 42.9 Å². The number of quaternary nitrogens is 1. The molecule has 364 valence electrons. The van der Waals surface area contributed by atoms with Crippen molar-refractivity contribution in [2.45, 2.75) is 251 Å². The molecule has 0 heterocycles. The van der Waals surface area contributed by atoms with E-state index in [0.717, 1.165) is 57.8 Å². The lowest BCUT2D eigenvalue weighted by Gasteiger charge is -2.26. The van der Waals surface area contributed by atoms with E-state index in [1.54, 1.807) is 0 Å². The van der Waals surface area contributed by atoms with Gasteiger partial charge in [0.15, 0.2) is 12.4 Å². The van der Waals surface area contributed by atoms with Crippen molar-refractivity contribution in [3.05, 3.63) is 24.3 Å². The fraction of sp³-hybridized carbons (Fsp3) is 0.868. The molecule has 9 nitrogen and oxygen atoms in total. The number of aliphatic carboxylic acids is 1. The molecular formula is C53H99NO8. The van der Waals surface area contributed by atoms with Crippen LogP contribution in [0.4, 0.5) is 0 Å². The Balaban J connectivity index is 4.14. The number of nitrogens with zero attached hydrogens (tertiary/aromatic N) is 1. The molecule has 0 radical (unpaired) electrons. The summed E-state index contributed by atoms with van der Waals surface area (Å²) in [6.07, 6.45) is 48.1. The van der Waals surface area contributed by atoms with Crippen LogP contribution < -0.4 is 5.11 Å². The zero-order chi connectivity index (χ0) is 45.6. The minimum absolute atomic E-state index is 0.148. The number of likely N-dealkylation sites (N-methyl/N-ethyl adjacent to an activating group) is 1. The molecule has 0 saturated heterocycles. The van der Waals surface area contributed by atoms with E-state index in [1.165, 1.54) is 148 Å². The molecular weight excluding hydrogens is 779 g/mol. The summed E-state index contributed by atoms with van der Waals surface area (Å²) in [7, 11) is 5.91. The lowest BCUT2D eigenvalue weighted by Crippen LogP contribution is -2.44. The molecule has 0 spiro atoms. The van der Waals surface area contributed by atoms with Gasteiger partial charge in [-0.2, -0.15) is 0 Å². The maximum atomic E-state index is 12.8. The number of rotatable bonds is 48. The molecule has 0 N–H and O–H groups in total. The van der Waals surface area contributed by atoms with Gasteiger partial charge in [0.25, 0.3) is 0 Å². The van der Waals surface area contributed by atoms with Crippen LogP contribution in [0.25, 0.3) is 0 Å². The third-order valence-corrected chi connectivity index (χ3v) is 11.4. The van der Waals surface area contributed by atoms with Gasteiger partial charge in [-0.05, 0) is 57.8 Å². The van der Waals surface area contributed by atoms with E-state index in [-0.39, 0.29) is 38.6 Å². The highest BCUT2D eigenvalue weighted by Crippen LogP contribution is 2.16. The Morgan fingerprint density at radius 1 is 0.468 bits per heavy atom. The second-order valence-electron chi connectivity index (χ2n) is 18.8. The topological polar surface area (TPSA) is 111 Å². The summed E-state index contributed by atoms with van der Waals surface area (Å²) < 4.78 is 22.6. The average molecular weight is 878 g/mol. The van der Waals surface area contributed by atoms with Crippen LogP contribution in [0.3, 0.4) is 0 Å². The highest BCUT2D eigenvalue weighted by atomic mass is 16.7. The molecule has 9 heteroatoms. The fourth-order valence-electron chi connectivity index (χ4n) is 7.36. The Kier molecular flexibility index (Phi) is 43.7. The standard InChI is InChI=1S/C53H99NO8/c1-6-8-10-12-14-16-18-19-20-21-22-23-24-25-26-27-28-29-30-31-32-33-34-36-38-40-42-44-51(56)62-49(48-61-53(52(57)58)59-46-45-54(3,4)5)47-60-50(55)43-41-39-37-35-17-15-13-11-9-7-2/h11,13,21-22,49,53H,6-10,12,14-20,23-48H2,1-5H3/b13-11-,22-21-. The number of ether oxygens (including phenoxy) is 4. The van der Waals surface area contributed by atoms with Crippen LogP contribution in [0, 0.1) is 0 Å². The lowest BCUT2D eigenvalue weighted by molar-refractivity contribution is -0.870. The summed E-state index contributed by atoms with van der Waals surface area (Å²) in [5.74, 6) is -2.29. The summed E-state index contributed by atoms with van der Waals surface area (Å²) >= 11 is 0. The van der Waals surface area contributed by atoms with Crippen molar-refractivity contribution in [3.63, 3.8) is 0 Å². The Bertz CT molecular complexity index is 1070. The monoisotopic (exact) mass is 878 g/mol. The van der Waals surface area contributed by atoms with Gasteiger partial charge >= 0.3 is 11.9 Å². The first kappa shape index (κ1) is 59.8. The van der Waals surface area contributed by atoms with E-state index in [0.29, 0.717) is 17.4 Å². The first-order chi connectivity index (χ1) is 30.1. The van der Waals surface area contributed by atoms with Crippen molar-refractivity contribution in [1.82, 2.24) is 0 Å². The Morgan fingerprint density at radius 2 is 0.855 bits per heavy atom. The van der Waals surface area contributed by atoms with E-state index in [4.69, 9.17) is 18.9 Å².